The van der Waals surface area contributed by atoms with E-state index in [1.54, 1.807) is 0 Å². The van der Waals surface area contributed by atoms with E-state index in [0.29, 0.717) is 17.6 Å². The van der Waals surface area contributed by atoms with Gasteiger partial charge in [-0.05, 0) is 50.0 Å². The molecule has 1 aromatic carbocycles. The van der Waals surface area contributed by atoms with E-state index in [0.717, 1.165) is 66.3 Å². The summed E-state index contributed by atoms with van der Waals surface area (Å²) in [4.78, 5) is 9.18. The molecule has 2 heterocycles. The number of hydrogen-bond donors (Lipinski definition) is 1. The van der Waals surface area contributed by atoms with Crippen LogP contribution in [0, 0.1) is 5.41 Å². The third kappa shape index (κ3) is 3.51. The molecule has 1 N–H and O–H groups in total. The summed E-state index contributed by atoms with van der Waals surface area (Å²) < 4.78 is 2.25. The predicted molar refractivity (Wildman–Crippen MR) is 120 cm³/mol. The van der Waals surface area contributed by atoms with Crippen LogP contribution in [0.1, 0.15) is 31.5 Å². The van der Waals surface area contributed by atoms with Gasteiger partial charge >= 0.3 is 0 Å². The molecule has 0 unspecified atom stereocenters. The van der Waals surface area contributed by atoms with Crippen LogP contribution in [0.4, 0.5) is 0 Å². The number of benzene rings is 1. The number of aryl methyl sites for hydroxylation is 1. The molecule has 2 aliphatic rings. The van der Waals surface area contributed by atoms with Crippen LogP contribution >= 0.6 is 11.6 Å². The number of allylic oxidation sites excluding steroid dienone is 3. The average Bonchev–Trinajstić information content (AvgIpc) is 3.44. The van der Waals surface area contributed by atoms with Crippen molar-refractivity contribution < 1.29 is 0 Å². The van der Waals surface area contributed by atoms with Crippen LogP contribution in [0.25, 0.3) is 11.0 Å². The molecule has 1 fully saturated rings. The highest BCUT2D eigenvalue weighted by molar-refractivity contribution is 6.31. The molecule has 1 aliphatic heterocycles. The molecule has 4 rings (SSSR count). The number of fused-ring (bicyclic) bond motifs is 1. The van der Waals surface area contributed by atoms with Crippen LogP contribution in [0.5, 0.6) is 0 Å². The molecule has 1 saturated carbocycles. The van der Waals surface area contributed by atoms with E-state index in [2.05, 4.69) is 34.1 Å². The first-order chi connectivity index (χ1) is 14.1. The van der Waals surface area contributed by atoms with Crippen molar-refractivity contribution >= 4 is 28.8 Å². The Hall–Kier alpha value is -2.79. The zero-order valence-electron chi connectivity index (χ0n) is 16.6. The molecule has 5 nitrogen and oxygen atoms in total. The lowest BCUT2D eigenvalue weighted by molar-refractivity contribution is 0.328. The van der Waals surface area contributed by atoms with Gasteiger partial charge in [0.25, 0.3) is 0 Å². The Morgan fingerprint density at radius 1 is 1.24 bits per heavy atom. The Bertz CT molecular complexity index is 1030. The van der Waals surface area contributed by atoms with Gasteiger partial charge in [0.1, 0.15) is 11.6 Å². The van der Waals surface area contributed by atoms with E-state index in [4.69, 9.17) is 22.0 Å². The number of halogens is 1. The zero-order chi connectivity index (χ0) is 20.5. The van der Waals surface area contributed by atoms with Gasteiger partial charge < -0.3 is 19.8 Å². The Balaban J connectivity index is 1.72. The summed E-state index contributed by atoms with van der Waals surface area (Å²) >= 11 is 6.20. The minimum absolute atomic E-state index is 0.459. The van der Waals surface area contributed by atoms with Crippen molar-refractivity contribution in [2.45, 2.75) is 44.8 Å². The largest absolute Gasteiger partial charge is 0.326 e. The molecule has 2 aromatic rings. The number of unbranched alkanes of at least 4 members (excludes halogenated alkanes) is 1. The molecule has 1 aliphatic carbocycles. The third-order valence-corrected chi connectivity index (χ3v) is 5.76. The van der Waals surface area contributed by atoms with Gasteiger partial charge in [0.2, 0.25) is 0 Å². The molecular weight excluding hydrogens is 382 g/mol. The van der Waals surface area contributed by atoms with Crippen molar-refractivity contribution in [3.05, 3.63) is 78.2 Å². The van der Waals surface area contributed by atoms with Gasteiger partial charge in [-0.1, -0.05) is 30.8 Å². The Morgan fingerprint density at radius 2 is 2.03 bits per heavy atom. The van der Waals surface area contributed by atoms with Crippen LogP contribution in [-0.2, 0) is 13.1 Å². The number of aromatic nitrogens is 2. The maximum Gasteiger partial charge on any atom is 0.129 e. The van der Waals surface area contributed by atoms with E-state index in [-0.39, 0.29) is 0 Å². The first-order valence-electron chi connectivity index (χ1n) is 9.97. The molecule has 0 radical (unpaired) electrons. The van der Waals surface area contributed by atoms with Gasteiger partial charge in [-0.3, -0.25) is 0 Å². The van der Waals surface area contributed by atoms with Gasteiger partial charge in [0.15, 0.2) is 0 Å². The van der Waals surface area contributed by atoms with Crippen molar-refractivity contribution in [1.29, 1.82) is 5.41 Å². The number of rotatable bonds is 9. The van der Waals surface area contributed by atoms with Gasteiger partial charge in [0, 0.05) is 23.8 Å². The van der Waals surface area contributed by atoms with Crippen molar-refractivity contribution in [3.63, 3.8) is 0 Å². The molecule has 1 aromatic heterocycles. The van der Waals surface area contributed by atoms with Crippen molar-refractivity contribution in [2.75, 3.05) is 0 Å². The Kier molecular flexibility index (Phi) is 5.33. The topological polar surface area (TPSA) is 48.2 Å². The molecule has 150 valence electrons. The van der Waals surface area contributed by atoms with Gasteiger partial charge in [-0.15, -0.1) is 6.58 Å². The highest BCUT2D eigenvalue weighted by atomic mass is 35.5. The summed E-state index contributed by atoms with van der Waals surface area (Å²) in [5, 5.41) is 8.68. The highest BCUT2D eigenvalue weighted by Crippen LogP contribution is 2.41. The zero-order valence-corrected chi connectivity index (χ0v) is 17.3. The Morgan fingerprint density at radius 3 is 2.69 bits per heavy atom. The lowest BCUT2D eigenvalue weighted by Gasteiger charge is -2.26. The molecule has 0 atom stereocenters. The smallest absolute Gasteiger partial charge is 0.129 e. The van der Waals surface area contributed by atoms with Crippen LogP contribution in [0.3, 0.4) is 0 Å². The van der Waals surface area contributed by atoms with Crippen molar-refractivity contribution in [1.82, 2.24) is 19.4 Å². The van der Waals surface area contributed by atoms with Crippen molar-refractivity contribution in [2.24, 2.45) is 0 Å². The summed E-state index contributed by atoms with van der Waals surface area (Å²) in [6.45, 7) is 13.5. The first kappa shape index (κ1) is 19.5. The average molecular weight is 408 g/mol. The number of imidazole rings is 1. The second kappa shape index (κ2) is 7.91. The van der Waals surface area contributed by atoms with Gasteiger partial charge in [0.05, 0.1) is 29.0 Å². The lowest BCUT2D eigenvalue weighted by atomic mass is 10.2. The fraction of sp³-hybridized carbons (Fsp3) is 0.304. The fourth-order valence-electron chi connectivity index (χ4n) is 4.00. The van der Waals surface area contributed by atoms with E-state index in [9.17, 15) is 0 Å². The molecule has 29 heavy (non-hydrogen) atoms. The van der Waals surface area contributed by atoms with E-state index in [1.165, 1.54) is 6.21 Å². The maximum absolute atomic E-state index is 8.00. The van der Waals surface area contributed by atoms with Gasteiger partial charge in [-0.25, -0.2) is 4.98 Å². The lowest BCUT2D eigenvalue weighted by Crippen LogP contribution is -2.27. The second-order valence-electron chi connectivity index (χ2n) is 7.47. The minimum atomic E-state index is 0.459. The minimum Gasteiger partial charge on any atom is -0.326 e. The number of nitrogens with zero attached hydrogens (tertiary/aromatic N) is 4. The molecule has 0 saturated heterocycles. The monoisotopic (exact) mass is 407 g/mol. The summed E-state index contributed by atoms with van der Waals surface area (Å²) in [6.07, 6.45) is 9.40. The Labute approximate surface area is 176 Å². The summed E-state index contributed by atoms with van der Waals surface area (Å²) in [5.74, 6) is 1.83. The van der Waals surface area contributed by atoms with Crippen molar-refractivity contribution in [3.8, 4) is 0 Å². The standard InChI is InChI=1S/C23H26ClN5/c1-4-6-7-12-27-21-11-8-17(24)13-19(21)26-23(27)15-28-16(3)29(18-9-10-18)20(5-2)22(28)14-25/h4-5,8,11,13-14,18,25H,1-3,6-7,9-10,12,15H2. The molecule has 6 heteroatoms. The maximum atomic E-state index is 8.00. The van der Waals surface area contributed by atoms with Crippen LogP contribution in [0.2, 0.25) is 5.02 Å². The normalized spacial score (nSPS) is 16.8. The molecule has 0 bridgehead atoms. The SMILES string of the molecule is C=CCCCn1c(CN2C(=C)N(C3CC3)C(C=C)=C2C=N)nc2cc(Cl)ccc21. The highest BCUT2D eigenvalue weighted by Gasteiger charge is 2.40. The fourth-order valence-corrected chi connectivity index (χ4v) is 4.17. The number of nitrogens with one attached hydrogen (secondary N) is 1. The second-order valence-corrected chi connectivity index (χ2v) is 7.90. The quantitative estimate of drug-likeness (QED) is 0.341. The van der Waals surface area contributed by atoms with Gasteiger partial charge in [-0.2, -0.15) is 0 Å². The predicted octanol–water partition coefficient (Wildman–Crippen LogP) is 5.45. The summed E-state index contributed by atoms with van der Waals surface area (Å²) in [7, 11) is 0. The van der Waals surface area contributed by atoms with Crippen LogP contribution < -0.4 is 0 Å². The summed E-state index contributed by atoms with van der Waals surface area (Å²) in [6, 6.07) is 6.30. The van der Waals surface area contributed by atoms with E-state index >= 15 is 0 Å². The molecule has 0 spiro atoms. The summed E-state index contributed by atoms with van der Waals surface area (Å²) in [5.41, 5.74) is 3.74. The van der Waals surface area contributed by atoms with Crippen LogP contribution in [-0.4, -0.2) is 31.6 Å². The van der Waals surface area contributed by atoms with E-state index in [1.807, 2.05) is 30.4 Å². The number of hydrogen-bond acceptors (Lipinski definition) is 4. The van der Waals surface area contributed by atoms with Crippen LogP contribution in [0.15, 0.2) is 67.3 Å². The first-order valence-corrected chi connectivity index (χ1v) is 10.3. The molecule has 0 amide bonds. The third-order valence-electron chi connectivity index (χ3n) is 5.52. The van der Waals surface area contributed by atoms with E-state index < -0.39 is 0 Å². The molecular formula is C23H26ClN5.